The van der Waals surface area contributed by atoms with E-state index >= 15 is 0 Å². The van der Waals surface area contributed by atoms with E-state index in [1.54, 1.807) is 0 Å². The smallest absolute Gasteiger partial charge is 0.304 e. The maximum atomic E-state index is 11.0. The lowest BCUT2D eigenvalue weighted by molar-refractivity contribution is -0.137. The second kappa shape index (κ2) is 7.46. The van der Waals surface area contributed by atoms with Crippen LogP contribution in [0, 0.1) is 0 Å². The SMILES string of the molecule is O=C(O)CC(Cc1ccccc1)NCc1ccccc1. The Bertz CT molecular complexity index is 525. The van der Waals surface area contributed by atoms with E-state index < -0.39 is 5.97 Å². The van der Waals surface area contributed by atoms with Gasteiger partial charge in [0.25, 0.3) is 0 Å². The van der Waals surface area contributed by atoms with Crippen molar-refractivity contribution in [1.29, 1.82) is 0 Å². The molecule has 1 atom stereocenters. The molecule has 2 aromatic rings. The number of nitrogens with one attached hydrogen (secondary N) is 1. The molecule has 2 aromatic carbocycles. The molecule has 0 bridgehead atoms. The fourth-order valence-electron chi connectivity index (χ4n) is 2.18. The molecular weight excluding hydrogens is 250 g/mol. The van der Waals surface area contributed by atoms with Crippen molar-refractivity contribution in [3.63, 3.8) is 0 Å². The van der Waals surface area contributed by atoms with E-state index in [0.29, 0.717) is 6.54 Å². The van der Waals surface area contributed by atoms with Gasteiger partial charge in [-0.05, 0) is 17.5 Å². The van der Waals surface area contributed by atoms with E-state index in [0.717, 1.165) is 17.5 Å². The molecular formula is C17H19NO2. The van der Waals surface area contributed by atoms with E-state index in [1.807, 2.05) is 60.7 Å². The molecule has 3 heteroatoms. The number of carboxylic acids is 1. The summed E-state index contributed by atoms with van der Waals surface area (Å²) in [6.45, 7) is 0.686. The molecule has 0 aliphatic carbocycles. The van der Waals surface area contributed by atoms with Crippen LogP contribution < -0.4 is 5.32 Å². The van der Waals surface area contributed by atoms with E-state index in [1.165, 1.54) is 0 Å². The fraction of sp³-hybridized carbons (Fsp3) is 0.235. The Morgan fingerprint density at radius 2 is 1.50 bits per heavy atom. The van der Waals surface area contributed by atoms with Gasteiger partial charge in [-0.1, -0.05) is 60.7 Å². The van der Waals surface area contributed by atoms with Crippen molar-refractivity contribution in [2.24, 2.45) is 0 Å². The maximum absolute atomic E-state index is 11.0. The van der Waals surface area contributed by atoms with E-state index in [2.05, 4.69) is 5.32 Å². The van der Waals surface area contributed by atoms with Gasteiger partial charge in [0.05, 0.1) is 6.42 Å². The fourth-order valence-corrected chi connectivity index (χ4v) is 2.18. The molecule has 0 aliphatic heterocycles. The highest BCUT2D eigenvalue weighted by molar-refractivity contribution is 5.67. The normalized spacial score (nSPS) is 12.0. The summed E-state index contributed by atoms with van der Waals surface area (Å²) < 4.78 is 0. The average Bonchev–Trinajstić information content (AvgIpc) is 2.46. The van der Waals surface area contributed by atoms with Gasteiger partial charge in [0.2, 0.25) is 0 Å². The molecule has 20 heavy (non-hydrogen) atoms. The van der Waals surface area contributed by atoms with Gasteiger partial charge in [-0.25, -0.2) is 0 Å². The number of hydrogen-bond donors (Lipinski definition) is 2. The number of aliphatic carboxylic acids is 1. The van der Waals surface area contributed by atoms with Gasteiger partial charge in [0.15, 0.2) is 0 Å². The quantitative estimate of drug-likeness (QED) is 0.812. The number of carboxylic acid groups (broad SMARTS) is 1. The Kier molecular flexibility index (Phi) is 5.33. The van der Waals surface area contributed by atoms with Crippen molar-refractivity contribution in [2.45, 2.75) is 25.4 Å². The third kappa shape index (κ3) is 4.86. The van der Waals surface area contributed by atoms with Gasteiger partial charge in [-0.2, -0.15) is 0 Å². The summed E-state index contributed by atoms with van der Waals surface area (Å²) in [5, 5.41) is 12.4. The maximum Gasteiger partial charge on any atom is 0.304 e. The number of rotatable bonds is 7. The molecule has 0 radical (unpaired) electrons. The summed E-state index contributed by atoms with van der Waals surface area (Å²) in [7, 11) is 0. The third-order valence-corrected chi connectivity index (χ3v) is 3.18. The van der Waals surface area contributed by atoms with Gasteiger partial charge in [-0.15, -0.1) is 0 Å². The molecule has 2 rings (SSSR count). The van der Waals surface area contributed by atoms with E-state index in [-0.39, 0.29) is 12.5 Å². The van der Waals surface area contributed by atoms with Crippen molar-refractivity contribution >= 4 is 5.97 Å². The summed E-state index contributed by atoms with van der Waals surface area (Å²) >= 11 is 0. The van der Waals surface area contributed by atoms with Crippen molar-refractivity contribution < 1.29 is 9.90 Å². The van der Waals surface area contributed by atoms with Crippen LogP contribution in [0.25, 0.3) is 0 Å². The molecule has 3 nitrogen and oxygen atoms in total. The summed E-state index contributed by atoms with van der Waals surface area (Å²) in [6, 6.07) is 19.9. The van der Waals surface area contributed by atoms with Crippen molar-refractivity contribution in [2.75, 3.05) is 0 Å². The molecule has 104 valence electrons. The molecule has 1 unspecified atom stereocenters. The predicted octanol–water partition coefficient (Wildman–Crippen LogP) is 2.86. The number of hydrogen-bond acceptors (Lipinski definition) is 2. The average molecular weight is 269 g/mol. The van der Waals surface area contributed by atoms with E-state index in [9.17, 15) is 4.79 Å². The summed E-state index contributed by atoms with van der Waals surface area (Å²) in [5.41, 5.74) is 2.32. The first kappa shape index (κ1) is 14.3. The Balaban J connectivity index is 1.95. The second-order valence-electron chi connectivity index (χ2n) is 4.85. The number of benzene rings is 2. The van der Waals surface area contributed by atoms with Gasteiger partial charge < -0.3 is 10.4 Å². The molecule has 0 aromatic heterocycles. The highest BCUT2D eigenvalue weighted by atomic mass is 16.4. The third-order valence-electron chi connectivity index (χ3n) is 3.18. The molecule has 0 amide bonds. The van der Waals surface area contributed by atoms with Crippen molar-refractivity contribution in [3.8, 4) is 0 Å². The van der Waals surface area contributed by atoms with Crippen LogP contribution in [-0.2, 0) is 17.8 Å². The Labute approximate surface area is 119 Å². The van der Waals surface area contributed by atoms with Crippen LogP contribution in [-0.4, -0.2) is 17.1 Å². The van der Waals surface area contributed by atoms with Crippen molar-refractivity contribution in [1.82, 2.24) is 5.32 Å². The Morgan fingerprint density at radius 3 is 2.05 bits per heavy atom. The monoisotopic (exact) mass is 269 g/mol. The zero-order chi connectivity index (χ0) is 14.2. The first-order chi connectivity index (χ1) is 9.74. The largest absolute Gasteiger partial charge is 0.481 e. The van der Waals surface area contributed by atoms with Crippen LogP contribution in [0.4, 0.5) is 0 Å². The first-order valence-corrected chi connectivity index (χ1v) is 6.77. The van der Waals surface area contributed by atoms with Crippen LogP contribution in [0.5, 0.6) is 0 Å². The second-order valence-corrected chi connectivity index (χ2v) is 4.85. The minimum atomic E-state index is -0.772. The molecule has 0 saturated heterocycles. The Morgan fingerprint density at radius 1 is 0.950 bits per heavy atom. The minimum Gasteiger partial charge on any atom is -0.481 e. The van der Waals surface area contributed by atoms with Crippen LogP contribution >= 0.6 is 0 Å². The van der Waals surface area contributed by atoms with Crippen molar-refractivity contribution in [3.05, 3.63) is 71.8 Å². The number of carbonyl (C=O) groups is 1. The highest BCUT2D eigenvalue weighted by Gasteiger charge is 2.13. The van der Waals surface area contributed by atoms with E-state index in [4.69, 9.17) is 5.11 Å². The lowest BCUT2D eigenvalue weighted by Gasteiger charge is -2.17. The topological polar surface area (TPSA) is 49.3 Å². The van der Waals surface area contributed by atoms with Gasteiger partial charge in [0, 0.05) is 12.6 Å². The molecule has 0 spiro atoms. The minimum absolute atomic E-state index is 0.0601. The van der Waals surface area contributed by atoms with Crippen LogP contribution in [0.15, 0.2) is 60.7 Å². The lowest BCUT2D eigenvalue weighted by atomic mass is 10.0. The van der Waals surface area contributed by atoms with Crippen LogP contribution in [0.2, 0.25) is 0 Å². The molecule has 0 aliphatic rings. The standard InChI is InChI=1S/C17H19NO2/c19-17(20)12-16(11-14-7-3-1-4-8-14)18-13-15-9-5-2-6-10-15/h1-10,16,18H,11-13H2,(H,19,20). The van der Waals surface area contributed by atoms with Gasteiger partial charge in [-0.3, -0.25) is 4.79 Å². The molecule has 0 saturated carbocycles. The lowest BCUT2D eigenvalue weighted by Crippen LogP contribution is -2.33. The molecule has 0 fully saturated rings. The predicted molar refractivity (Wildman–Crippen MR) is 79.5 cm³/mol. The zero-order valence-corrected chi connectivity index (χ0v) is 11.3. The zero-order valence-electron chi connectivity index (χ0n) is 11.3. The summed E-state index contributed by atoms with van der Waals surface area (Å²) in [6.07, 6.45) is 0.849. The molecule has 2 N–H and O–H groups in total. The summed E-state index contributed by atoms with van der Waals surface area (Å²) in [4.78, 5) is 11.0. The highest BCUT2D eigenvalue weighted by Crippen LogP contribution is 2.07. The van der Waals surface area contributed by atoms with Gasteiger partial charge >= 0.3 is 5.97 Å². The van der Waals surface area contributed by atoms with Gasteiger partial charge in [0.1, 0.15) is 0 Å². The van der Waals surface area contributed by atoms with Crippen LogP contribution in [0.3, 0.4) is 0 Å². The Hall–Kier alpha value is -2.13. The molecule has 0 heterocycles. The first-order valence-electron chi connectivity index (χ1n) is 6.77. The van der Waals surface area contributed by atoms with Crippen LogP contribution in [0.1, 0.15) is 17.5 Å². The summed E-state index contributed by atoms with van der Waals surface area (Å²) in [5.74, 6) is -0.772.